The van der Waals surface area contributed by atoms with Gasteiger partial charge in [-0.1, -0.05) is 29.6 Å². The lowest BCUT2D eigenvalue weighted by atomic mass is 10.2. The van der Waals surface area contributed by atoms with Crippen LogP contribution in [0.4, 0.5) is 0 Å². The number of nitrogens with zero attached hydrogens (tertiary/aromatic N) is 5. The van der Waals surface area contributed by atoms with Crippen LogP contribution in [0.2, 0.25) is 0 Å². The predicted molar refractivity (Wildman–Crippen MR) is 98.9 cm³/mol. The van der Waals surface area contributed by atoms with Crippen molar-refractivity contribution in [3.8, 4) is 0 Å². The SMILES string of the molecule is CS/C(N)=N/N=C(\C)c1cccc(/C(C)=N/N=C(\N)SC)n1. The van der Waals surface area contributed by atoms with Crippen LogP contribution in [0.5, 0.6) is 0 Å². The molecular formula is C13H19N7S2. The highest BCUT2D eigenvalue weighted by atomic mass is 32.2. The lowest BCUT2D eigenvalue weighted by Crippen LogP contribution is -2.08. The monoisotopic (exact) mass is 337 g/mol. The van der Waals surface area contributed by atoms with E-state index in [-0.39, 0.29) is 0 Å². The van der Waals surface area contributed by atoms with Crippen molar-refractivity contribution in [2.75, 3.05) is 12.5 Å². The third kappa shape index (κ3) is 5.86. The third-order valence-electron chi connectivity index (χ3n) is 2.51. The van der Waals surface area contributed by atoms with E-state index in [2.05, 4.69) is 25.4 Å². The number of nitrogens with two attached hydrogens (primary N) is 2. The summed E-state index contributed by atoms with van der Waals surface area (Å²) < 4.78 is 0. The Balaban J connectivity index is 3.04. The minimum atomic E-state index is 0.398. The van der Waals surface area contributed by atoms with Gasteiger partial charge >= 0.3 is 0 Å². The molecule has 0 radical (unpaired) electrons. The topological polar surface area (TPSA) is 114 Å². The smallest absolute Gasteiger partial charge is 0.180 e. The average Bonchev–Trinajstić information content (AvgIpc) is 2.56. The summed E-state index contributed by atoms with van der Waals surface area (Å²) in [6, 6.07) is 5.57. The van der Waals surface area contributed by atoms with Crippen LogP contribution in [0, 0.1) is 0 Å². The van der Waals surface area contributed by atoms with E-state index in [0.29, 0.717) is 33.1 Å². The molecule has 22 heavy (non-hydrogen) atoms. The van der Waals surface area contributed by atoms with Gasteiger partial charge in [-0.3, -0.25) is 0 Å². The Bertz CT molecular complexity index is 584. The van der Waals surface area contributed by atoms with Crippen molar-refractivity contribution in [3.05, 3.63) is 29.6 Å². The molecule has 1 rings (SSSR count). The summed E-state index contributed by atoms with van der Waals surface area (Å²) >= 11 is 2.67. The van der Waals surface area contributed by atoms with E-state index in [4.69, 9.17) is 11.5 Å². The lowest BCUT2D eigenvalue weighted by molar-refractivity contribution is 1.17. The number of amidine groups is 2. The Labute approximate surface area is 138 Å². The van der Waals surface area contributed by atoms with Gasteiger partial charge in [0.25, 0.3) is 0 Å². The van der Waals surface area contributed by atoms with Crippen molar-refractivity contribution in [1.82, 2.24) is 4.98 Å². The van der Waals surface area contributed by atoms with Crippen LogP contribution in [-0.4, -0.2) is 39.3 Å². The molecule has 1 heterocycles. The molecule has 9 heteroatoms. The number of hydrogen-bond acceptors (Lipinski definition) is 7. The van der Waals surface area contributed by atoms with E-state index in [1.54, 1.807) is 0 Å². The van der Waals surface area contributed by atoms with Crippen molar-refractivity contribution in [3.63, 3.8) is 0 Å². The van der Waals surface area contributed by atoms with Crippen molar-refractivity contribution in [2.24, 2.45) is 31.9 Å². The van der Waals surface area contributed by atoms with Crippen molar-refractivity contribution < 1.29 is 0 Å². The van der Waals surface area contributed by atoms with Gasteiger partial charge in [0.2, 0.25) is 0 Å². The number of pyridine rings is 1. The number of thioether (sulfide) groups is 2. The summed E-state index contributed by atoms with van der Waals surface area (Å²) in [5, 5.41) is 16.7. The van der Waals surface area contributed by atoms with E-state index in [1.807, 2.05) is 44.6 Å². The van der Waals surface area contributed by atoms with Crippen LogP contribution < -0.4 is 11.5 Å². The first-order valence-corrected chi connectivity index (χ1v) is 8.74. The van der Waals surface area contributed by atoms with E-state index in [1.165, 1.54) is 23.5 Å². The largest absolute Gasteiger partial charge is 0.377 e. The summed E-state index contributed by atoms with van der Waals surface area (Å²) in [6.45, 7) is 3.64. The normalized spacial score (nSPS) is 14.4. The highest BCUT2D eigenvalue weighted by Gasteiger charge is 2.04. The maximum Gasteiger partial charge on any atom is 0.180 e. The molecule has 0 amide bonds. The molecular weight excluding hydrogens is 318 g/mol. The Morgan fingerprint density at radius 3 is 1.64 bits per heavy atom. The quantitative estimate of drug-likeness (QED) is 0.494. The predicted octanol–water partition coefficient (Wildman–Crippen LogP) is 1.89. The molecule has 0 atom stereocenters. The maximum absolute atomic E-state index is 5.60. The zero-order valence-corrected chi connectivity index (χ0v) is 14.6. The van der Waals surface area contributed by atoms with E-state index in [9.17, 15) is 0 Å². The molecule has 0 unspecified atom stereocenters. The molecule has 1 aromatic rings. The van der Waals surface area contributed by atoms with Crippen LogP contribution in [0.15, 0.2) is 38.6 Å². The van der Waals surface area contributed by atoms with Gasteiger partial charge in [-0.2, -0.15) is 10.2 Å². The fourth-order valence-electron chi connectivity index (χ4n) is 1.27. The number of aromatic nitrogens is 1. The van der Waals surface area contributed by atoms with Crippen molar-refractivity contribution in [1.29, 1.82) is 0 Å². The fourth-order valence-corrected chi connectivity index (χ4v) is 1.52. The van der Waals surface area contributed by atoms with Crippen LogP contribution in [0.3, 0.4) is 0 Å². The maximum atomic E-state index is 5.60. The highest BCUT2D eigenvalue weighted by molar-refractivity contribution is 8.13. The van der Waals surface area contributed by atoms with E-state index < -0.39 is 0 Å². The van der Waals surface area contributed by atoms with Gasteiger partial charge in [-0.05, 0) is 38.5 Å². The molecule has 0 saturated heterocycles. The van der Waals surface area contributed by atoms with Gasteiger partial charge in [0.1, 0.15) is 0 Å². The van der Waals surface area contributed by atoms with E-state index >= 15 is 0 Å². The van der Waals surface area contributed by atoms with Gasteiger partial charge in [0.05, 0.1) is 22.8 Å². The molecule has 1 aromatic heterocycles. The second kappa shape index (κ2) is 9.21. The third-order valence-corrected chi connectivity index (χ3v) is 3.51. The molecule has 0 aliphatic carbocycles. The minimum absolute atomic E-state index is 0.398. The molecule has 0 bridgehead atoms. The van der Waals surface area contributed by atoms with Gasteiger partial charge < -0.3 is 11.5 Å². The number of hydrogen-bond donors (Lipinski definition) is 2. The van der Waals surface area contributed by atoms with Gasteiger partial charge in [0, 0.05) is 0 Å². The molecule has 0 aliphatic heterocycles. The standard InChI is InChI=1S/C13H19N7S2/c1-8(17-19-12(14)21-3)10-6-5-7-11(16-10)9(2)18-20-13(15)22-4/h5-7H,1-4H3,(H2,14,19)(H2,15,20)/b17-8+,18-9+. The first kappa shape index (κ1) is 18.2. The molecule has 7 nitrogen and oxygen atoms in total. The lowest BCUT2D eigenvalue weighted by Gasteiger charge is -2.02. The van der Waals surface area contributed by atoms with Crippen LogP contribution in [-0.2, 0) is 0 Å². The molecule has 0 saturated carbocycles. The molecule has 4 N–H and O–H groups in total. The van der Waals surface area contributed by atoms with Crippen molar-refractivity contribution in [2.45, 2.75) is 13.8 Å². The van der Waals surface area contributed by atoms with Gasteiger partial charge in [-0.15, -0.1) is 10.2 Å². The summed E-state index contributed by atoms with van der Waals surface area (Å²) in [4.78, 5) is 4.48. The van der Waals surface area contributed by atoms with Crippen LogP contribution >= 0.6 is 23.5 Å². The first-order chi connectivity index (χ1) is 10.5. The minimum Gasteiger partial charge on any atom is -0.377 e. The Morgan fingerprint density at radius 1 is 0.864 bits per heavy atom. The zero-order valence-electron chi connectivity index (χ0n) is 12.9. The molecule has 118 valence electrons. The van der Waals surface area contributed by atoms with Crippen LogP contribution in [0.1, 0.15) is 25.2 Å². The second-order valence-electron chi connectivity index (χ2n) is 4.06. The Kier molecular flexibility index (Phi) is 7.61. The zero-order chi connectivity index (χ0) is 16.5. The van der Waals surface area contributed by atoms with Crippen LogP contribution in [0.25, 0.3) is 0 Å². The Morgan fingerprint density at radius 2 is 1.27 bits per heavy atom. The summed E-state index contributed by atoms with van der Waals surface area (Å²) in [7, 11) is 0. The molecule has 0 fully saturated rings. The average molecular weight is 337 g/mol. The fraction of sp³-hybridized carbons (Fsp3) is 0.308. The second-order valence-corrected chi connectivity index (χ2v) is 5.72. The highest BCUT2D eigenvalue weighted by Crippen LogP contribution is 2.05. The summed E-state index contributed by atoms with van der Waals surface area (Å²) in [6.07, 6.45) is 3.67. The number of rotatable bonds is 4. The molecule has 0 aliphatic rings. The first-order valence-electron chi connectivity index (χ1n) is 6.29. The van der Waals surface area contributed by atoms with E-state index in [0.717, 1.165) is 0 Å². The molecule has 0 aromatic carbocycles. The Hall–Kier alpha value is -1.87. The molecule has 0 spiro atoms. The summed E-state index contributed by atoms with van der Waals surface area (Å²) in [5.41, 5.74) is 13.9. The van der Waals surface area contributed by atoms with Gasteiger partial charge in [-0.25, -0.2) is 4.98 Å². The summed E-state index contributed by atoms with van der Waals surface area (Å²) in [5.74, 6) is 0. The van der Waals surface area contributed by atoms with Crippen molar-refractivity contribution >= 4 is 45.3 Å². The van der Waals surface area contributed by atoms with Gasteiger partial charge in [0.15, 0.2) is 10.3 Å².